The molecule has 2 aliphatic carbocycles. The van der Waals surface area contributed by atoms with E-state index in [9.17, 15) is 9.90 Å². The summed E-state index contributed by atoms with van der Waals surface area (Å²) < 4.78 is 41.8. The van der Waals surface area contributed by atoms with Gasteiger partial charge in [0, 0.05) is 18.1 Å². The number of rotatable bonds is 17. The molecule has 48 heavy (non-hydrogen) atoms. The Balaban J connectivity index is 1.23. The summed E-state index contributed by atoms with van der Waals surface area (Å²) in [6.45, 7) is 10.7. The van der Waals surface area contributed by atoms with Crippen LogP contribution in [0.15, 0.2) is 48.6 Å². The maximum atomic E-state index is 15.5. The van der Waals surface area contributed by atoms with Gasteiger partial charge < -0.3 is 19.7 Å². The second kappa shape index (κ2) is 18.4. The molecular formula is C40H58F2O5Si. The minimum atomic E-state index is -1.13. The van der Waals surface area contributed by atoms with Gasteiger partial charge in [-0.1, -0.05) is 95.4 Å². The Labute approximate surface area is 288 Å². The van der Waals surface area contributed by atoms with E-state index in [2.05, 4.69) is 26.6 Å². The molecule has 0 aliphatic heterocycles. The molecule has 0 amide bonds. The average molecular weight is 685 g/mol. The molecule has 2 aromatic carbocycles. The van der Waals surface area contributed by atoms with Gasteiger partial charge in [0.05, 0.1) is 33.5 Å². The van der Waals surface area contributed by atoms with Crippen molar-refractivity contribution in [1.82, 2.24) is 0 Å². The van der Waals surface area contributed by atoms with Gasteiger partial charge in [-0.3, -0.25) is 0 Å². The summed E-state index contributed by atoms with van der Waals surface area (Å²) in [4.78, 5) is 11.6. The molecule has 0 aromatic heterocycles. The van der Waals surface area contributed by atoms with Gasteiger partial charge in [0.25, 0.3) is 0 Å². The fraction of sp³-hybridized carbons (Fsp3) is 0.625. The number of ether oxygens (including phenoxy) is 2. The van der Waals surface area contributed by atoms with E-state index in [1.807, 2.05) is 0 Å². The van der Waals surface area contributed by atoms with Crippen LogP contribution >= 0.6 is 0 Å². The predicted molar refractivity (Wildman–Crippen MR) is 192 cm³/mol. The Kier molecular flexibility index (Phi) is 14.7. The van der Waals surface area contributed by atoms with E-state index < -0.39 is 32.3 Å². The largest absolute Gasteiger partial charge is 0.494 e. The average Bonchev–Trinajstić information content (AvgIpc) is 3.11. The van der Waals surface area contributed by atoms with Crippen LogP contribution in [-0.4, -0.2) is 50.7 Å². The molecule has 2 aliphatic rings. The number of hydrogen-bond donors (Lipinski definition) is 2. The molecular weight excluding hydrogens is 627 g/mol. The highest BCUT2D eigenvalue weighted by atomic mass is 28.3. The molecule has 5 nitrogen and oxygen atoms in total. The van der Waals surface area contributed by atoms with Crippen LogP contribution in [0.1, 0.15) is 95.5 Å². The highest BCUT2D eigenvalue weighted by Gasteiger charge is 2.37. The first-order valence-corrected chi connectivity index (χ1v) is 21.6. The van der Waals surface area contributed by atoms with Crippen molar-refractivity contribution < 1.29 is 33.3 Å². The Morgan fingerprint density at radius 1 is 0.917 bits per heavy atom. The molecule has 1 unspecified atom stereocenters. The highest BCUT2D eigenvalue weighted by molar-refractivity contribution is 6.78. The molecule has 4 rings (SSSR count). The number of unbranched alkanes of at least 4 members (excludes halogenated alkanes) is 1. The Hall–Kier alpha value is -2.55. The zero-order valence-corrected chi connectivity index (χ0v) is 30.5. The van der Waals surface area contributed by atoms with Gasteiger partial charge in [-0.15, -0.1) is 0 Å². The van der Waals surface area contributed by atoms with E-state index in [0.29, 0.717) is 36.3 Å². The normalized spacial score (nSPS) is 22.2. The monoisotopic (exact) mass is 684 g/mol. The maximum absolute atomic E-state index is 15.5. The molecule has 1 atom stereocenters. The molecule has 0 bridgehead atoms. The summed E-state index contributed by atoms with van der Waals surface area (Å²) in [5.41, 5.74) is 2.31. The quantitative estimate of drug-likeness (QED) is 0.0751. The predicted octanol–water partition coefficient (Wildman–Crippen LogP) is 9.83. The first kappa shape index (κ1) is 38.3. The second-order valence-corrected chi connectivity index (χ2v) is 20.4. The third-order valence-electron chi connectivity index (χ3n) is 11.4. The first-order chi connectivity index (χ1) is 23.1. The molecule has 2 saturated carbocycles. The lowest BCUT2D eigenvalue weighted by Gasteiger charge is -2.42. The Morgan fingerprint density at radius 2 is 1.56 bits per heavy atom. The number of carbonyl (C=O) groups excluding carboxylic acids is 1. The molecule has 0 spiro atoms. The zero-order valence-electron chi connectivity index (χ0n) is 29.5. The van der Waals surface area contributed by atoms with Crippen molar-refractivity contribution in [2.75, 3.05) is 26.4 Å². The van der Waals surface area contributed by atoms with Crippen LogP contribution in [-0.2, 0) is 9.53 Å². The van der Waals surface area contributed by atoms with Gasteiger partial charge in [-0.05, 0) is 85.1 Å². The fourth-order valence-electron chi connectivity index (χ4n) is 8.09. The third-order valence-corrected chi connectivity index (χ3v) is 15.9. The lowest BCUT2D eigenvalue weighted by Crippen LogP contribution is -2.36. The number of hydrogen-bond acceptors (Lipinski definition) is 5. The summed E-state index contributed by atoms with van der Waals surface area (Å²) in [7, 11) is -1.13. The smallest absolute Gasteiger partial charge is 0.335 e. The van der Waals surface area contributed by atoms with Gasteiger partial charge in [0.15, 0.2) is 11.6 Å². The van der Waals surface area contributed by atoms with Crippen molar-refractivity contribution in [1.29, 1.82) is 0 Å². The van der Waals surface area contributed by atoms with Gasteiger partial charge in [-0.2, -0.15) is 0 Å². The van der Waals surface area contributed by atoms with Crippen molar-refractivity contribution in [2.24, 2.45) is 17.8 Å². The van der Waals surface area contributed by atoms with Crippen LogP contribution in [0.2, 0.25) is 24.7 Å². The van der Waals surface area contributed by atoms with Crippen LogP contribution in [0.25, 0.3) is 11.1 Å². The van der Waals surface area contributed by atoms with Crippen LogP contribution in [0.3, 0.4) is 0 Å². The number of aliphatic hydroxyl groups excluding tert-OH is 2. The van der Waals surface area contributed by atoms with Crippen LogP contribution < -0.4 is 4.74 Å². The summed E-state index contributed by atoms with van der Waals surface area (Å²) in [5, 5.41) is 18.5. The third kappa shape index (κ3) is 10.2. The van der Waals surface area contributed by atoms with Crippen molar-refractivity contribution >= 4 is 14.0 Å². The van der Waals surface area contributed by atoms with E-state index in [1.54, 1.807) is 36.4 Å². The molecule has 266 valence electrons. The first-order valence-electron chi connectivity index (χ1n) is 18.4. The van der Waals surface area contributed by atoms with Crippen molar-refractivity contribution in [3.05, 3.63) is 65.7 Å². The van der Waals surface area contributed by atoms with Crippen LogP contribution in [0.4, 0.5) is 8.78 Å². The van der Waals surface area contributed by atoms with Crippen molar-refractivity contribution in [3.8, 4) is 16.9 Å². The minimum Gasteiger partial charge on any atom is -0.494 e. The molecule has 0 radical (unpaired) electrons. The highest BCUT2D eigenvalue weighted by Crippen LogP contribution is 2.48. The molecule has 8 heteroatoms. The van der Waals surface area contributed by atoms with E-state index in [0.717, 1.165) is 43.1 Å². The lowest BCUT2D eigenvalue weighted by molar-refractivity contribution is -0.141. The van der Waals surface area contributed by atoms with Crippen LogP contribution in [0, 0.1) is 29.4 Å². The number of benzene rings is 2. The number of aliphatic hydroxyl groups is 2. The van der Waals surface area contributed by atoms with Gasteiger partial charge in [0.1, 0.15) is 5.75 Å². The Morgan fingerprint density at radius 3 is 2.17 bits per heavy atom. The van der Waals surface area contributed by atoms with Gasteiger partial charge in [0.2, 0.25) is 0 Å². The second-order valence-electron chi connectivity index (χ2n) is 15.1. The number of esters is 1. The fourth-order valence-corrected chi connectivity index (χ4v) is 11.7. The van der Waals surface area contributed by atoms with Gasteiger partial charge in [-0.25, -0.2) is 13.6 Å². The Bertz CT molecular complexity index is 1310. The maximum Gasteiger partial charge on any atom is 0.335 e. The zero-order chi connectivity index (χ0) is 34.7. The van der Waals surface area contributed by atoms with Gasteiger partial charge >= 0.3 is 5.97 Å². The summed E-state index contributed by atoms with van der Waals surface area (Å²) in [6.07, 6.45) is 13.5. The number of carbonyl (C=O) groups is 1. The van der Waals surface area contributed by atoms with Crippen molar-refractivity contribution in [3.63, 3.8) is 0 Å². The molecule has 2 N–H and O–H groups in total. The topological polar surface area (TPSA) is 76.0 Å². The van der Waals surface area contributed by atoms with Crippen molar-refractivity contribution in [2.45, 2.75) is 115 Å². The standard InChI is InChI=1S/C40H58F2O5Si/c1-5-6-24-48(3,4)35-19-15-31(16-20-35)30-9-11-32(12-10-30)36-21-22-37(39(42)38(36)41)33-13-17-34(18-14-33)46-23-7-8-29(26-44)27-47-40(45)28(2)25-43/h13-14,17-18,21-22,29-32,35,43-44H,2,5-12,15-16,19-20,23-27H2,1,3-4H3. The lowest BCUT2D eigenvalue weighted by atomic mass is 9.69. The van der Waals surface area contributed by atoms with E-state index in [1.165, 1.54) is 44.6 Å². The summed E-state index contributed by atoms with van der Waals surface area (Å²) in [5.74, 6) is -0.190. The summed E-state index contributed by atoms with van der Waals surface area (Å²) >= 11 is 0. The van der Waals surface area contributed by atoms with Crippen LogP contribution in [0.5, 0.6) is 5.75 Å². The molecule has 0 heterocycles. The molecule has 2 fully saturated rings. The molecule has 2 aromatic rings. The number of halogens is 2. The van der Waals surface area contributed by atoms with E-state index in [-0.39, 0.29) is 36.2 Å². The van der Waals surface area contributed by atoms with E-state index >= 15 is 8.78 Å². The molecule has 0 saturated heterocycles. The SMILES string of the molecule is C=C(CO)C(=O)OCC(CO)CCCOc1ccc(-c2ccc(C3CCC(C4CCC([Si](C)(C)CCCC)CC4)CC3)c(F)c2F)cc1. The minimum absolute atomic E-state index is 0.0276. The summed E-state index contributed by atoms with van der Waals surface area (Å²) in [6, 6.07) is 12.0. The van der Waals surface area contributed by atoms with E-state index in [4.69, 9.17) is 14.6 Å².